The van der Waals surface area contributed by atoms with Crippen molar-refractivity contribution in [2.24, 2.45) is 0 Å². The highest BCUT2D eigenvalue weighted by molar-refractivity contribution is 6.35. The van der Waals surface area contributed by atoms with E-state index in [0.717, 1.165) is 25.0 Å². The van der Waals surface area contributed by atoms with Gasteiger partial charge in [0, 0.05) is 5.56 Å². The highest BCUT2D eigenvalue weighted by Crippen LogP contribution is 2.38. The molecule has 0 atom stereocenters. The maximum Gasteiger partial charge on any atom is 0.417 e. The molecule has 0 aliphatic heterocycles. The van der Waals surface area contributed by atoms with Crippen molar-refractivity contribution in [2.45, 2.75) is 31.9 Å². The van der Waals surface area contributed by atoms with Gasteiger partial charge in [0.25, 0.3) is 0 Å². The largest absolute Gasteiger partial charge is 0.465 e. The number of carbonyl (C=O) groups is 2. The fraction of sp³-hybridized carbons (Fsp3) is 0.273. The number of carbonyl (C=O) groups excluding carboxylic acids is 2. The van der Waals surface area contributed by atoms with Crippen molar-refractivity contribution in [1.29, 1.82) is 0 Å². The van der Waals surface area contributed by atoms with Gasteiger partial charge in [0.2, 0.25) is 0 Å². The van der Waals surface area contributed by atoms with Crippen LogP contribution >= 0.6 is 23.2 Å². The van der Waals surface area contributed by atoms with Crippen molar-refractivity contribution >= 4 is 40.5 Å². The Balaban J connectivity index is 2.13. The lowest BCUT2D eigenvalue weighted by atomic mass is 9.83. The van der Waals surface area contributed by atoms with E-state index in [2.05, 4.69) is 0 Å². The Morgan fingerprint density at radius 1 is 1.00 bits per heavy atom. The van der Waals surface area contributed by atoms with E-state index in [-0.39, 0.29) is 5.56 Å². The molecular weight excluding hydrogens is 459 g/mol. The van der Waals surface area contributed by atoms with Crippen molar-refractivity contribution in [3.63, 3.8) is 0 Å². The minimum Gasteiger partial charge on any atom is -0.465 e. The minimum absolute atomic E-state index is 0.0726. The summed E-state index contributed by atoms with van der Waals surface area (Å²) in [5.74, 6) is -2.51. The van der Waals surface area contributed by atoms with E-state index < -0.39 is 44.9 Å². The first-order valence-corrected chi connectivity index (χ1v) is 10.0. The van der Waals surface area contributed by atoms with E-state index >= 15 is 0 Å². The summed E-state index contributed by atoms with van der Waals surface area (Å²) in [5, 5.41) is -1.19. The van der Waals surface area contributed by atoms with E-state index in [1.165, 1.54) is 19.2 Å². The Labute approximate surface area is 185 Å². The molecule has 0 aromatic heterocycles. The summed E-state index contributed by atoms with van der Waals surface area (Å²) in [5.41, 5.74) is -0.319. The lowest BCUT2D eigenvalue weighted by Crippen LogP contribution is -2.17. The lowest BCUT2D eigenvalue weighted by Gasteiger charge is -2.21. The van der Waals surface area contributed by atoms with Gasteiger partial charge in [-0.3, -0.25) is 4.79 Å². The average Bonchev–Trinajstić information content (AvgIpc) is 2.73. The Morgan fingerprint density at radius 3 is 2.03 bits per heavy atom. The van der Waals surface area contributed by atoms with Crippen LogP contribution in [0.5, 0.6) is 0 Å². The minimum atomic E-state index is -4.92. The Hall–Kier alpha value is -2.38. The molecule has 2 aromatic carbocycles. The summed E-state index contributed by atoms with van der Waals surface area (Å²) in [7, 11) is 1.23. The van der Waals surface area contributed by atoms with Gasteiger partial charge in [0.15, 0.2) is 11.6 Å². The van der Waals surface area contributed by atoms with Gasteiger partial charge in [0.05, 0.1) is 28.3 Å². The maximum absolute atomic E-state index is 13.7. The first kappa shape index (κ1) is 23.3. The predicted octanol–water partition coefficient (Wildman–Crippen LogP) is 6.63. The van der Waals surface area contributed by atoms with Gasteiger partial charge in [0.1, 0.15) is 0 Å². The average molecular weight is 475 g/mol. The number of halogens is 6. The smallest absolute Gasteiger partial charge is 0.417 e. The molecule has 164 valence electrons. The zero-order valence-corrected chi connectivity index (χ0v) is 17.7. The van der Waals surface area contributed by atoms with Crippen LogP contribution in [0.2, 0.25) is 10.0 Å². The highest BCUT2D eigenvalue weighted by atomic mass is 35.5. The van der Waals surface area contributed by atoms with Crippen LogP contribution in [-0.4, -0.2) is 25.0 Å². The first-order valence-electron chi connectivity index (χ1n) is 9.25. The fourth-order valence-electron chi connectivity index (χ4n) is 3.65. The van der Waals surface area contributed by atoms with Crippen LogP contribution in [0, 0.1) is 5.82 Å². The Morgan fingerprint density at radius 2 is 1.52 bits per heavy atom. The molecular formula is C22H16Cl2F4O3. The van der Waals surface area contributed by atoms with Gasteiger partial charge in [-0.25, -0.2) is 9.18 Å². The molecule has 0 bridgehead atoms. The monoisotopic (exact) mass is 474 g/mol. The second kappa shape index (κ2) is 9.01. The van der Waals surface area contributed by atoms with E-state index in [1.54, 1.807) is 0 Å². The number of fused-ring (bicyclic) bond motifs is 1. The molecule has 9 heteroatoms. The van der Waals surface area contributed by atoms with Crippen molar-refractivity contribution in [2.75, 3.05) is 7.11 Å². The predicted molar refractivity (Wildman–Crippen MR) is 109 cm³/mol. The van der Waals surface area contributed by atoms with Crippen molar-refractivity contribution in [1.82, 2.24) is 0 Å². The van der Waals surface area contributed by atoms with E-state index in [4.69, 9.17) is 27.9 Å². The third-order valence-electron chi connectivity index (χ3n) is 5.08. The summed E-state index contributed by atoms with van der Waals surface area (Å²) < 4.78 is 59.6. The second-order valence-corrected chi connectivity index (χ2v) is 7.80. The molecule has 0 fully saturated rings. The molecule has 0 spiro atoms. The summed E-state index contributed by atoms with van der Waals surface area (Å²) >= 11 is 11.3. The molecule has 0 saturated carbocycles. The third-order valence-corrected chi connectivity index (χ3v) is 5.63. The molecule has 0 heterocycles. The first-order chi connectivity index (χ1) is 14.5. The van der Waals surface area contributed by atoms with Crippen LogP contribution in [0.15, 0.2) is 30.3 Å². The molecule has 0 radical (unpaired) electrons. The molecule has 3 nitrogen and oxygen atoms in total. The van der Waals surface area contributed by atoms with Crippen LogP contribution in [-0.2, 0) is 17.6 Å². The van der Waals surface area contributed by atoms with Gasteiger partial charge in [-0.15, -0.1) is 0 Å². The van der Waals surface area contributed by atoms with Crippen LogP contribution in [0.1, 0.15) is 50.2 Å². The van der Waals surface area contributed by atoms with Gasteiger partial charge >= 0.3 is 12.1 Å². The summed E-state index contributed by atoms with van der Waals surface area (Å²) in [4.78, 5) is 24.9. The van der Waals surface area contributed by atoms with Crippen molar-refractivity contribution in [3.05, 3.63) is 74.0 Å². The van der Waals surface area contributed by atoms with Crippen molar-refractivity contribution in [3.8, 4) is 0 Å². The van der Waals surface area contributed by atoms with Gasteiger partial charge in [-0.2, -0.15) is 13.2 Å². The van der Waals surface area contributed by atoms with Gasteiger partial charge < -0.3 is 4.74 Å². The van der Waals surface area contributed by atoms with Gasteiger partial charge in [-0.1, -0.05) is 23.2 Å². The van der Waals surface area contributed by atoms with Crippen molar-refractivity contribution < 1.29 is 31.9 Å². The maximum atomic E-state index is 13.7. The van der Waals surface area contributed by atoms with Gasteiger partial charge in [-0.05, 0) is 72.7 Å². The molecule has 1 aliphatic carbocycles. The normalized spacial score (nSPS) is 14.2. The molecule has 2 aromatic rings. The summed E-state index contributed by atoms with van der Waals surface area (Å²) in [6.07, 6.45) is -2.00. The zero-order valence-electron chi connectivity index (χ0n) is 16.2. The number of esters is 1. The molecule has 0 unspecified atom stereocenters. The molecule has 1 aliphatic rings. The molecule has 3 rings (SSSR count). The number of rotatable bonds is 4. The number of allylic oxidation sites excluding steroid dienone is 2. The number of hydrogen-bond donors (Lipinski definition) is 0. The Kier molecular flexibility index (Phi) is 6.76. The summed E-state index contributed by atoms with van der Waals surface area (Å²) in [6.45, 7) is 0. The van der Waals surface area contributed by atoms with E-state index in [1.807, 2.05) is 0 Å². The van der Waals surface area contributed by atoms with Crippen LogP contribution in [0.3, 0.4) is 0 Å². The number of ketones is 1. The van der Waals surface area contributed by atoms with E-state index in [0.29, 0.717) is 35.6 Å². The molecule has 0 amide bonds. The second-order valence-electron chi connectivity index (χ2n) is 6.99. The zero-order chi connectivity index (χ0) is 22.9. The number of ether oxygens (including phenoxy) is 1. The fourth-order valence-corrected chi connectivity index (χ4v) is 4.14. The lowest BCUT2D eigenvalue weighted by molar-refractivity contribution is -0.0689. The Bertz CT molecular complexity index is 1070. The standard InChI is InChI=1S/C22H16Cl2F4O3/c1-31-21(30)15-7-6-14(12-4-2-3-5-13(12)15)19(29)10-16(22(26,27)28)11-8-17(23)20(25)18(24)9-11/h6-10H,2-5H2,1H3. The molecule has 0 N–H and O–H groups in total. The highest BCUT2D eigenvalue weighted by Gasteiger charge is 2.36. The topological polar surface area (TPSA) is 43.4 Å². The van der Waals surface area contributed by atoms with Crippen LogP contribution in [0.25, 0.3) is 5.57 Å². The SMILES string of the molecule is COC(=O)c1ccc(C(=O)C=C(c2cc(Cl)c(F)c(Cl)c2)C(F)(F)F)c2c1CCCC2. The third kappa shape index (κ3) is 4.77. The number of methoxy groups -OCH3 is 1. The number of hydrogen-bond acceptors (Lipinski definition) is 3. The van der Waals surface area contributed by atoms with Crippen LogP contribution in [0.4, 0.5) is 17.6 Å². The van der Waals surface area contributed by atoms with E-state index in [9.17, 15) is 27.2 Å². The summed E-state index contributed by atoms with van der Waals surface area (Å²) in [6, 6.07) is 4.25. The number of benzene rings is 2. The quantitative estimate of drug-likeness (QED) is 0.164. The molecule has 31 heavy (non-hydrogen) atoms. The number of alkyl halides is 3. The molecule has 0 saturated heterocycles. The van der Waals surface area contributed by atoms with Crippen LogP contribution < -0.4 is 0 Å².